The maximum Gasteiger partial charge on any atom is 0.307 e. The molecule has 0 atom stereocenters. The number of hydrogen-bond acceptors (Lipinski definition) is 4. The molecule has 3 heterocycles. The lowest BCUT2D eigenvalue weighted by Crippen LogP contribution is -2.29. The molecule has 5 rings (SSSR count). The fourth-order valence-corrected chi connectivity index (χ4v) is 5.00. The van der Waals surface area contributed by atoms with Gasteiger partial charge in [-0.3, -0.25) is 4.79 Å². The number of carbonyl (C=O) groups is 1. The van der Waals surface area contributed by atoms with Crippen LogP contribution in [0.1, 0.15) is 16.8 Å². The van der Waals surface area contributed by atoms with Gasteiger partial charge in [0.05, 0.1) is 23.7 Å². The maximum atomic E-state index is 13.8. The number of aromatic nitrogens is 2. The standard InChI is InChI=1S/C26H22ClF2N3O3/c1-14-18(12-22(33)34)23(16-4-6-21-25(24(16)27)31(2)9-10-35-21)17-7-8-32(26(17)30-14)13-15-3-5-19(28)20(29)11-15/h3-8,11H,9-10,12-13H2,1-2H3,(H,33,34). The predicted molar refractivity (Wildman–Crippen MR) is 130 cm³/mol. The van der Waals surface area contributed by atoms with Crippen molar-refractivity contribution in [1.82, 2.24) is 9.55 Å². The van der Waals surface area contributed by atoms with Crippen molar-refractivity contribution < 1.29 is 23.4 Å². The molecular weight excluding hydrogens is 476 g/mol. The lowest BCUT2D eigenvalue weighted by atomic mass is 9.93. The van der Waals surface area contributed by atoms with E-state index >= 15 is 0 Å². The average Bonchev–Trinajstić information content (AvgIpc) is 3.19. The minimum Gasteiger partial charge on any atom is -0.490 e. The SMILES string of the molecule is Cc1nc2c(ccn2Cc2ccc(F)c(F)c2)c(-c2ccc3c(c2Cl)N(C)CCO3)c1CC(=O)O. The third-order valence-electron chi connectivity index (χ3n) is 6.29. The number of benzene rings is 2. The Bertz CT molecular complexity index is 1480. The van der Waals surface area contributed by atoms with Crippen LogP contribution in [-0.2, 0) is 17.8 Å². The highest BCUT2D eigenvalue weighted by atomic mass is 35.5. The summed E-state index contributed by atoms with van der Waals surface area (Å²) in [5, 5.41) is 10.8. The van der Waals surface area contributed by atoms with Gasteiger partial charge in [-0.1, -0.05) is 17.7 Å². The zero-order valence-electron chi connectivity index (χ0n) is 19.1. The number of anilines is 1. The molecule has 2 aromatic heterocycles. The number of likely N-dealkylation sites (N-methyl/N-ethyl adjacent to an activating group) is 1. The molecule has 1 aliphatic heterocycles. The molecule has 0 radical (unpaired) electrons. The highest BCUT2D eigenvalue weighted by Crippen LogP contribution is 2.46. The highest BCUT2D eigenvalue weighted by Gasteiger charge is 2.26. The number of fused-ring (bicyclic) bond motifs is 2. The zero-order chi connectivity index (χ0) is 24.9. The Hall–Kier alpha value is -3.65. The second-order valence-electron chi connectivity index (χ2n) is 8.59. The summed E-state index contributed by atoms with van der Waals surface area (Å²) >= 11 is 6.91. The second kappa shape index (κ2) is 8.85. The number of pyridine rings is 1. The lowest BCUT2D eigenvalue weighted by Gasteiger charge is -2.29. The van der Waals surface area contributed by atoms with Crippen molar-refractivity contribution in [1.29, 1.82) is 0 Å². The van der Waals surface area contributed by atoms with E-state index in [4.69, 9.17) is 21.3 Å². The number of halogens is 3. The number of aryl methyl sites for hydroxylation is 1. The molecule has 6 nitrogen and oxygen atoms in total. The molecule has 180 valence electrons. The van der Waals surface area contributed by atoms with Gasteiger partial charge < -0.3 is 19.3 Å². The van der Waals surface area contributed by atoms with Gasteiger partial charge >= 0.3 is 5.97 Å². The molecule has 0 saturated carbocycles. The predicted octanol–water partition coefficient (Wildman–Crippen LogP) is 5.45. The quantitative estimate of drug-likeness (QED) is 0.397. The molecule has 4 aromatic rings. The van der Waals surface area contributed by atoms with E-state index in [9.17, 15) is 18.7 Å². The van der Waals surface area contributed by atoms with Gasteiger partial charge in [0, 0.05) is 36.4 Å². The van der Waals surface area contributed by atoms with Crippen molar-refractivity contribution in [2.45, 2.75) is 19.9 Å². The molecule has 0 bridgehead atoms. The first-order valence-electron chi connectivity index (χ1n) is 11.1. The monoisotopic (exact) mass is 497 g/mol. The topological polar surface area (TPSA) is 67.6 Å². The van der Waals surface area contributed by atoms with E-state index in [1.807, 2.05) is 34.7 Å². The molecule has 0 unspecified atom stereocenters. The van der Waals surface area contributed by atoms with Crippen LogP contribution < -0.4 is 9.64 Å². The maximum absolute atomic E-state index is 13.8. The molecule has 0 amide bonds. The van der Waals surface area contributed by atoms with Gasteiger partial charge in [0.25, 0.3) is 0 Å². The van der Waals surface area contributed by atoms with E-state index in [1.54, 1.807) is 13.1 Å². The fraction of sp³-hybridized carbons (Fsp3) is 0.231. The summed E-state index contributed by atoms with van der Waals surface area (Å²) in [7, 11) is 1.93. The van der Waals surface area contributed by atoms with Gasteiger partial charge in [-0.15, -0.1) is 0 Å². The van der Waals surface area contributed by atoms with Crippen LogP contribution >= 0.6 is 11.6 Å². The summed E-state index contributed by atoms with van der Waals surface area (Å²) in [4.78, 5) is 18.5. The van der Waals surface area contributed by atoms with E-state index in [0.717, 1.165) is 23.2 Å². The Morgan fingerprint density at radius 1 is 1.20 bits per heavy atom. The number of aliphatic carboxylic acids is 1. The summed E-state index contributed by atoms with van der Waals surface area (Å²) in [6.07, 6.45) is 1.58. The molecule has 1 N–H and O–H groups in total. The summed E-state index contributed by atoms with van der Waals surface area (Å²) in [6, 6.07) is 9.30. The number of nitrogens with zero attached hydrogens (tertiary/aromatic N) is 3. The Balaban J connectivity index is 1.72. The minimum absolute atomic E-state index is 0.224. The van der Waals surface area contributed by atoms with Crippen LogP contribution in [0.15, 0.2) is 42.6 Å². The highest BCUT2D eigenvalue weighted by molar-refractivity contribution is 6.37. The van der Waals surface area contributed by atoms with E-state index in [0.29, 0.717) is 57.5 Å². The van der Waals surface area contributed by atoms with Crippen LogP contribution in [0.4, 0.5) is 14.5 Å². The van der Waals surface area contributed by atoms with Gasteiger partial charge in [0.2, 0.25) is 0 Å². The first kappa shape index (κ1) is 23.1. The van der Waals surface area contributed by atoms with Crippen LogP contribution in [0.3, 0.4) is 0 Å². The number of ether oxygens (including phenoxy) is 1. The normalized spacial score (nSPS) is 13.1. The fourth-order valence-electron chi connectivity index (χ4n) is 4.61. The zero-order valence-corrected chi connectivity index (χ0v) is 19.9. The number of rotatable bonds is 5. The molecule has 1 aliphatic rings. The van der Waals surface area contributed by atoms with Crippen LogP contribution in [0.5, 0.6) is 5.75 Å². The lowest BCUT2D eigenvalue weighted by molar-refractivity contribution is -0.136. The van der Waals surface area contributed by atoms with Crippen LogP contribution in [-0.4, -0.2) is 40.8 Å². The third kappa shape index (κ3) is 4.08. The Labute approximate surface area is 205 Å². The number of carboxylic acids is 1. The van der Waals surface area contributed by atoms with Gasteiger partial charge in [-0.2, -0.15) is 0 Å². The van der Waals surface area contributed by atoms with E-state index in [-0.39, 0.29) is 13.0 Å². The Kier molecular flexibility index (Phi) is 5.84. The van der Waals surface area contributed by atoms with Gasteiger partial charge in [0.1, 0.15) is 18.0 Å². The summed E-state index contributed by atoms with van der Waals surface area (Å²) in [6.45, 7) is 3.25. The third-order valence-corrected chi connectivity index (χ3v) is 6.68. The van der Waals surface area contributed by atoms with E-state index in [1.165, 1.54) is 6.07 Å². The molecule has 0 aliphatic carbocycles. The minimum atomic E-state index is -0.980. The molecule has 9 heteroatoms. The number of carboxylic acid groups (broad SMARTS) is 1. The Morgan fingerprint density at radius 2 is 2.00 bits per heavy atom. The number of hydrogen-bond donors (Lipinski definition) is 1. The molecule has 35 heavy (non-hydrogen) atoms. The van der Waals surface area contributed by atoms with Crippen molar-refractivity contribution in [2.24, 2.45) is 0 Å². The van der Waals surface area contributed by atoms with E-state index < -0.39 is 17.6 Å². The first-order valence-corrected chi connectivity index (χ1v) is 11.4. The molecule has 0 spiro atoms. The van der Waals surface area contributed by atoms with E-state index in [2.05, 4.69) is 0 Å². The van der Waals surface area contributed by atoms with Crippen molar-refractivity contribution in [2.75, 3.05) is 25.1 Å². The molecule has 0 fully saturated rings. The van der Waals surface area contributed by atoms with Gasteiger partial charge in [-0.25, -0.2) is 13.8 Å². The van der Waals surface area contributed by atoms with Crippen molar-refractivity contribution in [3.05, 3.63) is 76.1 Å². The van der Waals surface area contributed by atoms with Crippen molar-refractivity contribution >= 4 is 34.3 Å². The molecule has 0 saturated heterocycles. The Morgan fingerprint density at radius 3 is 2.74 bits per heavy atom. The van der Waals surface area contributed by atoms with Crippen molar-refractivity contribution in [3.8, 4) is 16.9 Å². The molecule has 2 aromatic carbocycles. The summed E-state index contributed by atoms with van der Waals surface area (Å²) in [5.41, 5.74) is 4.40. The van der Waals surface area contributed by atoms with Gasteiger partial charge in [0.15, 0.2) is 11.6 Å². The molecular formula is C26H22ClF2N3O3. The second-order valence-corrected chi connectivity index (χ2v) is 8.97. The summed E-state index contributed by atoms with van der Waals surface area (Å²) in [5.74, 6) is -2.13. The van der Waals surface area contributed by atoms with Gasteiger partial charge in [-0.05, 0) is 53.9 Å². The summed E-state index contributed by atoms with van der Waals surface area (Å²) < 4.78 is 34.8. The van der Waals surface area contributed by atoms with Crippen LogP contribution in [0, 0.1) is 18.6 Å². The van der Waals surface area contributed by atoms with Crippen LogP contribution in [0.25, 0.3) is 22.2 Å². The van der Waals surface area contributed by atoms with Crippen molar-refractivity contribution in [3.63, 3.8) is 0 Å². The van der Waals surface area contributed by atoms with Crippen LogP contribution in [0.2, 0.25) is 5.02 Å². The first-order chi connectivity index (χ1) is 16.7. The largest absolute Gasteiger partial charge is 0.490 e. The average molecular weight is 498 g/mol. The smallest absolute Gasteiger partial charge is 0.307 e.